The zero-order chi connectivity index (χ0) is 20.3. The Labute approximate surface area is 176 Å². The van der Waals surface area contributed by atoms with Crippen LogP contribution in [0.4, 0.5) is 21.7 Å². The van der Waals surface area contributed by atoms with Crippen LogP contribution in [0.15, 0.2) is 60.9 Å². The van der Waals surface area contributed by atoms with Gasteiger partial charge in [0.2, 0.25) is 0 Å². The lowest BCUT2D eigenvalue weighted by Gasteiger charge is -2.41. The van der Waals surface area contributed by atoms with Gasteiger partial charge in [-0.15, -0.1) is 0 Å². The Morgan fingerprint density at radius 2 is 1.67 bits per heavy atom. The predicted octanol–water partition coefficient (Wildman–Crippen LogP) is 4.39. The van der Waals surface area contributed by atoms with Gasteiger partial charge in [-0.3, -0.25) is 4.90 Å². The van der Waals surface area contributed by atoms with Crippen LogP contribution >= 0.6 is 0 Å². The van der Waals surface area contributed by atoms with Gasteiger partial charge >= 0.3 is 0 Å². The number of nitrogens with one attached hydrogen (secondary N) is 1. The molecule has 0 aliphatic carbocycles. The van der Waals surface area contributed by atoms with Crippen LogP contribution in [0.2, 0.25) is 0 Å². The van der Waals surface area contributed by atoms with E-state index in [0.717, 1.165) is 62.8 Å². The topological polar surface area (TPSA) is 44.3 Å². The summed E-state index contributed by atoms with van der Waals surface area (Å²) in [4.78, 5) is 13.8. The average Bonchev–Trinajstić information content (AvgIpc) is 2.81. The molecule has 0 radical (unpaired) electrons. The number of benzene rings is 2. The molecule has 1 fully saturated rings. The lowest BCUT2D eigenvalue weighted by atomic mass is 9.95. The van der Waals surface area contributed by atoms with E-state index in [4.69, 9.17) is 0 Å². The zero-order valence-corrected chi connectivity index (χ0v) is 17.0. The van der Waals surface area contributed by atoms with Gasteiger partial charge in [-0.2, -0.15) is 0 Å². The fourth-order valence-electron chi connectivity index (χ4n) is 4.56. The molecule has 1 aromatic heterocycles. The molecule has 0 unspecified atom stereocenters. The van der Waals surface area contributed by atoms with Crippen molar-refractivity contribution < 1.29 is 4.39 Å². The second kappa shape index (κ2) is 8.40. The lowest BCUT2D eigenvalue weighted by Crippen LogP contribution is -2.46. The first-order valence-corrected chi connectivity index (χ1v) is 10.6. The van der Waals surface area contributed by atoms with Crippen LogP contribution in [0.3, 0.4) is 0 Å². The molecule has 154 valence electrons. The summed E-state index contributed by atoms with van der Waals surface area (Å²) >= 11 is 0. The minimum absolute atomic E-state index is 0.246. The molecule has 3 heterocycles. The molecule has 6 heteroatoms. The summed E-state index contributed by atoms with van der Waals surface area (Å²) in [6.07, 6.45) is 5.04. The van der Waals surface area contributed by atoms with Crippen molar-refractivity contribution in [3.63, 3.8) is 0 Å². The summed E-state index contributed by atoms with van der Waals surface area (Å²) in [7, 11) is 0. The van der Waals surface area contributed by atoms with Crippen molar-refractivity contribution in [2.75, 3.05) is 29.9 Å². The first-order valence-electron chi connectivity index (χ1n) is 10.6. The number of hydrogen-bond acceptors (Lipinski definition) is 5. The van der Waals surface area contributed by atoms with Crippen LogP contribution in [-0.2, 0) is 13.0 Å². The van der Waals surface area contributed by atoms with Gasteiger partial charge in [0.25, 0.3) is 0 Å². The molecule has 0 spiro atoms. The Morgan fingerprint density at radius 3 is 2.47 bits per heavy atom. The van der Waals surface area contributed by atoms with Gasteiger partial charge in [-0.05, 0) is 54.7 Å². The van der Waals surface area contributed by atoms with E-state index >= 15 is 0 Å². The molecule has 30 heavy (non-hydrogen) atoms. The van der Waals surface area contributed by atoms with Crippen LogP contribution in [0.25, 0.3) is 0 Å². The van der Waals surface area contributed by atoms with E-state index in [9.17, 15) is 4.39 Å². The molecular weight excluding hydrogens is 377 g/mol. The molecule has 5 rings (SSSR count). The van der Waals surface area contributed by atoms with Gasteiger partial charge in [-0.25, -0.2) is 14.4 Å². The summed E-state index contributed by atoms with van der Waals surface area (Å²) in [6.45, 7) is 4.21. The number of rotatable bonds is 4. The number of nitrogens with zero attached hydrogens (tertiary/aromatic N) is 4. The van der Waals surface area contributed by atoms with Crippen molar-refractivity contribution in [1.82, 2.24) is 14.9 Å². The van der Waals surface area contributed by atoms with Gasteiger partial charge in [0.15, 0.2) is 0 Å². The SMILES string of the molecule is Fc1ccc(Nc2cc(N3CCC(N4CCc5ccccc5C4)CC3)ncn2)cc1. The van der Waals surface area contributed by atoms with E-state index in [-0.39, 0.29) is 5.82 Å². The molecule has 0 amide bonds. The highest BCUT2D eigenvalue weighted by Gasteiger charge is 2.27. The van der Waals surface area contributed by atoms with E-state index in [1.54, 1.807) is 18.5 Å². The maximum absolute atomic E-state index is 13.1. The second-order valence-electron chi connectivity index (χ2n) is 8.10. The maximum atomic E-state index is 13.1. The Bertz CT molecular complexity index is 998. The van der Waals surface area contributed by atoms with E-state index in [0.29, 0.717) is 6.04 Å². The number of piperidine rings is 1. The summed E-state index contributed by atoms with van der Waals surface area (Å²) in [6, 6.07) is 17.7. The third-order valence-corrected chi connectivity index (χ3v) is 6.23. The smallest absolute Gasteiger partial charge is 0.135 e. The second-order valence-corrected chi connectivity index (χ2v) is 8.10. The number of anilines is 3. The van der Waals surface area contributed by atoms with Gasteiger partial charge in [0.05, 0.1) is 0 Å². The monoisotopic (exact) mass is 403 g/mol. The van der Waals surface area contributed by atoms with Crippen molar-refractivity contribution in [3.05, 3.63) is 77.9 Å². The molecule has 3 aromatic rings. The average molecular weight is 404 g/mol. The molecule has 5 nitrogen and oxygen atoms in total. The van der Waals surface area contributed by atoms with E-state index in [2.05, 4.69) is 49.4 Å². The van der Waals surface area contributed by atoms with Crippen molar-refractivity contribution in [3.8, 4) is 0 Å². The molecule has 2 aromatic carbocycles. The van der Waals surface area contributed by atoms with E-state index in [1.165, 1.54) is 23.3 Å². The zero-order valence-electron chi connectivity index (χ0n) is 17.0. The van der Waals surface area contributed by atoms with Crippen molar-refractivity contribution in [2.24, 2.45) is 0 Å². The Morgan fingerprint density at radius 1 is 0.900 bits per heavy atom. The lowest BCUT2D eigenvalue weighted by molar-refractivity contribution is 0.153. The molecule has 1 saturated heterocycles. The number of halogens is 1. The molecule has 2 aliphatic rings. The molecule has 2 aliphatic heterocycles. The maximum Gasteiger partial charge on any atom is 0.135 e. The number of fused-ring (bicyclic) bond motifs is 1. The highest BCUT2D eigenvalue weighted by molar-refractivity contribution is 5.59. The molecule has 0 saturated carbocycles. The largest absolute Gasteiger partial charge is 0.356 e. The van der Waals surface area contributed by atoms with Crippen molar-refractivity contribution >= 4 is 17.3 Å². The van der Waals surface area contributed by atoms with Gasteiger partial charge in [0, 0.05) is 44.0 Å². The highest BCUT2D eigenvalue weighted by atomic mass is 19.1. The molecule has 0 bridgehead atoms. The van der Waals surface area contributed by atoms with Gasteiger partial charge in [0.1, 0.15) is 23.8 Å². The van der Waals surface area contributed by atoms with Crippen molar-refractivity contribution in [1.29, 1.82) is 0 Å². The van der Waals surface area contributed by atoms with Crippen LogP contribution < -0.4 is 10.2 Å². The Hall–Kier alpha value is -2.99. The van der Waals surface area contributed by atoms with Crippen LogP contribution in [0.5, 0.6) is 0 Å². The minimum Gasteiger partial charge on any atom is -0.356 e. The van der Waals surface area contributed by atoms with Gasteiger partial charge < -0.3 is 10.2 Å². The summed E-state index contributed by atoms with van der Waals surface area (Å²) in [5, 5.41) is 3.23. The highest BCUT2D eigenvalue weighted by Crippen LogP contribution is 2.27. The summed E-state index contributed by atoms with van der Waals surface area (Å²) in [5.41, 5.74) is 3.80. The minimum atomic E-state index is -0.246. The van der Waals surface area contributed by atoms with Gasteiger partial charge in [-0.1, -0.05) is 24.3 Å². The number of hydrogen-bond donors (Lipinski definition) is 1. The third-order valence-electron chi connectivity index (χ3n) is 6.23. The summed E-state index contributed by atoms with van der Waals surface area (Å²) in [5.74, 6) is 1.42. The third kappa shape index (κ3) is 4.14. The molecule has 1 N–H and O–H groups in total. The molecular formula is C24H26FN5. The Balaban J connectivity index is 1.20. The van der Waals surface area contributed by atoms with Crippen LogP contribution in [0.1, 0.15) is 24.0 Å². The summed E-state index contributed by atoms with van der Waals surface area (Å²) < 4.78 is 13.1. The van der Waals surface area contributed by atoms with Crippen molar-refractivity contribution in [2.45, 2.75) is 31.8 Å². The fraction of sp³-hybridized carbons (Fsp3) is 0.333. The predicted molar refractivity (Wildman–Crippen MR) is 118 cm³/mol. The molecule has 0 atom stereocenters. The Kier molecular flexibility index (Phi) is 5.32. The van der Waals surface area contributed by atoms with E-state index in [1.807, 2.05) is 6.07 Å². The van der Waals surface area contributed by atoms with E-state index < -0.39 is 0 Å². The van der Waals surface area contributed by atoms with Crippen LogP contribution in [-0.4, -0.2) is 40.5 Å². The standard InChI is InChI=1S/C24H26FN5/c25-20-5-7-21(8-6-20)28-23-15-24(27-17-26-23)29-13-10-22(11-14-29)30-12-9-18-3-1-2-4-19(18)16-30/h1-8,15,17,22H,9-14,16H2,(H,26,27,28). The first kappa shape index (κ1) is 19.0. The first-order chi connectivity index (χ1) is 14.7. The number of aromatic nitrogens is 2. The fourth-order valence-corrected chi connectivity index (χ4v) is 4.56. The quantitative estimate of drug-likeness (QED) is 0.700. The normalized spacial score (nSPS) is 17.6. The van der Waals surface area contributed by atoms with Crippen LogP contribution in [0, 0.1) is 5.82 Å².